The summed E-state index contributed by atoms with van der Waals surface area (Å²) in [4.78, 5) is 20.5. The molecule has 21 heavy (non-hydrogen) atoms. The lowest BCUT2D eigenvalue weighted by atomic mass is 9.83. The van der Waals surface area contributed by atoms with Crippen molar-refractivity contribution in [1.29, 1.82) is 0 Å². The minimum atomic E-state index is -0.124. The number of nitrogens with one attached hydrogen (secondary N) is 2. The van der Waals surface area contributed by atoms with E-state index in [4.69, 9.17) is 0 Å². The summed E-state index contributed by atoms with van der Waals surface area (Å²) >= 11 is 0. The number of aromatic nitrogens is 2. The van der Waals surface area contributed by atoms with Crippen LogP contribution in [0, 0.1) is 11.8 Å². The minimum Gasteiger partial charge on any atom is -0.369 e. The Kier molecular flexibility index (Phi) is 5.96. The summed E-state index contributed by atoms with van der Waals surface area (Å²) in [6.07, 6.45) is 9.16. The fourth-order valence-electron chi connectivity index (χ4n) is 2.67. The number of nitrogens with zero attached hydrogens (tertiary/aromatic N) is 2. The molecule has 5 heteroatoms. The molecular formula is C16H26N4O. The average molecular weight is 290 g/mol. The fourth-order valence-corrected chi connectivity index (χ4v) is 2.67. The molecule has 1 aromatic rings. The normalized spacial score (nSPS) is 21.8. The maximum absolute atomic E-state index is 12.1. The van der Waals surface area contributed by atoms with Crippen LogP contribution in [0.1, 0.15) is 56.4 Å². The Hall–Kier alpha value is -1.65. The van der Waals surface area contributed by atoms with Gasteiger partial charge in [-0.1, -0.05) is 26.7 Å². The van der Waals surface area contributed by atoms with E-state index in [2.05, 4.69) is 34.4 Å². The van der Waals surface area contributed by atoms with Crippen molar-refractivity contribution in [3.63, 3.8) is 0 Å². The zero-order chi connectivity index (χ0) is 15.1. The third kappa shape index (κ3) is 4.99. The lowest BCUT2D eigenvalue weighted by molar-refractivity contribution is 0.0936. The van der Waals surface area contributed by atoms with Crippen LogP contribution >= 0.6 is 0 Å². The molecule has 1 heterocycles. The Balaban J connectivity index is 1.82. The van der Waals surface area contributed by atoms with E-state index in [1.807, 2.05) is 0 Å². The van der Waals surface area contributed by atoms with Crippen molar-refractivity contribution in [2.24, 2.45) is 11.8 Å². The van der Waals surface area contributed by atoms with Crippen LogP contribution in [-0.2, 0) is 0 Å². The van der Waals surface area contributed by atoms with Gasteiger partial charge in [0, 0.05) is 13.1 Å². The zero-order valence-electron chi connectivity index (χ0n) is 13.1. The molecule has 1 amide bonds. The highest BCUT2D eigenvalue weighted by atomic mass is 16.1. The predicted octanol–water partition coefficient (Wildman–Crippen LogP) is 2.85. The van der Waals surface area contributed by atoms with Crippen LogP contribution in [0.2, 0.25) is 0 Å². The monoisotopic (exact) mass is 290 g/mol. The maximum Gasteiger partial charge on any atom is 0.271 e. The molecule has 0 bridgehead atoms. The van der Waals surface area contributed by atoms with Crippen LogP contribution in [0.25, 0.3) is 0 Å². The molecule has 1 aliphatic rings. The Morgan fingerprint density at radius 1 is 1.29 bits per heavy atom. The van der Waals surface area contributed by atoms with Crippen LogP contribution < -0.4 is 10.6 Å². The third-order valence-electron chi connectivity index (χ3n) is 4.11. The number of rotatable bonds is 6. The predicted molar refractivity (Wildman–Crippen MR) is 84.3 cm³/mol. The maximum atomic E-state index is 12.1. The molecule has 1 saturated carbocycles. The zero-order valence-corrected chi connectivity index (χ0v) is 13.1. The quantitative estimate of drug-likeness (QED) is 0.845. The highest BCUT2D eigenvalue weighted by molar-refractivity contribution is 5.92. The van der Waals surface area contributed by atoms with E-state index in [1.165, 1.54) is 31.9 Å². The van der Waals surface area contributed by atoms with Crippen molar-refractivity contribution in [2.75, 3.05) is 18.4 Å². The highest BCUT2D eigenvalue weighted by Crippen LogP contribution is 2.27. The molecule has 5 nitrogen and oxygen atoms in total. The Morgan fingerprint density at radius 3 is 2.76 bits per heavy atom. The first kappa shape index (κ1) is 15.7. The SMILES string of the molecule is CCCNc1cncc(C(=O)NCC2CCC(C)CC2)n1. The number of carbonyl (C=O) groups is 1. The number of anilines is 1. The summed E-state index contributed by atoms with van der Waals surface area (Å²) < 4.78 is 0. The van der Waals surface area contributed by atoms with Crippen LogP contribution in [0.5, 0.6) is 0 Å². The Labute approximate surface area is 127 Å². The molecule has 116 valence electrons. The molecule has 1 fully saturated rings. The molecule has 1 aromatic heterocycles. The van der Waals surface area contributed by atoms with Gasteiger partial charge in [-0.15, -0.1) is 0 Å². The number of hydrogen-bond donors (Lipinski definition) is 2. The van der Waals surface area contributed by atoms with E-state index in [-0.39, 0.29) is 5.91 Å². The van der Waals surface area contributed by atoms with E-state index in [0.29, 0.717) is 17.4 Å². The van der Waals surface area contributed by atoms with Gasteiger partial charge in [0.15, 0.2) is 0 Å². The van der Waals surface area contributed by atoms with Crippen molar-refractivity contribution in [1.82, 2.24) is 15.3 Å². The van der Waals surface area contributed by atoms with Crippen molar-refractivity contribution in [2.45, 2.75) is 46.0 Å². The van der Waals surface area contributed by atoms with E-state index in [1.54, 1.807) is 6.20 Å². The van der Waals surface area contributed by atoms with Gasteiger partial charge in [0.25, 0.3) is 5.91 Å². The van der Waals surface area contributed by atoms with Gasteiger partial charge in [-0.3, -0.25) is 9.78 Å². The molecule has 0 aliphatic heterocycles. The molecule has 0 unspecified atom stereocenters. The first-order valence-electron chi connectivity index (χ1n) is 8.03. The lowest BCUT2D eigenvalue weighted by Gasteiger charge is -2.26. The molecular weight excluding hydrogens is 264 g/mol. The molecule has 0 spiro atoms. The third-order valence-corrected chi connectivity index (χ3v) is 4.11. The Bertz CT molecular complexity index is 455. The van der Waals surface area contributed by atoms with Gasteiger partial charge in [0.2, 0.25) is 0 Å². The number of carbonyl (C=O) groups excluding carboxylic acids is 1. The summed E-state index contributed by atoms with van der Waals surface area (Å²) in [6, 6.07) is 0. The van der Waals surface area contributed by atoms with Gasteiger partial charge in [-0.25, -0.2) is 4.98 Å². The fraction of sp³-hybridized carbons (Fsp3) is 0.688. The van der Waals surface area contributed by atoms with Crippen LogP contribution in [0.3, 0.4) is 0 Å². The van der Waals surface area contributed by atoms with E-state index in [9.17, 15) is 4.79 Å². The number of amides is 1. The Morgan fingerprint density at radius 2 is 2.05 bits per heavy atom. The smallest absolute Gasteiger partial charge is 0.271 e. The van der Waals surface area contributed by atoms with Crippen molar-refractivity contribution >= 4 is 11.7 Å². The van der Waals surface area contributed by atoms with E-state index in [0.717, 1.165) is 25.4 Å². The topological polar surface area (TPSA) is 66.9 Å². The first-order valence-corrected chi connectivity index (χ1v) is 8.03. The second kappa shape index (κ2) is 7.96. The molecule has 2 rings (SSSR count). The largest absolute Gasteiger partial charge is 0.369 e. The van der Waals surface area contributed by atoms with Crippen molar-refractivity contribution in [3.05, 3.63) is 18.1 Å². The lowest BCUT2D eigenvalue weighted by Crippen LogP contribution is -2.31. The van der Waals surface area contributed by atoms with E-state index >= 15 is 0 Å². The standard InChI is InChI=1S/C16H26N4O/c1-3-8-18-15-11-17-10-14(20-15)16(21)19-9-13-6-4-12(2)5-7-13/h10-13H,3-9H2,1-2H3,(H,18,20)(H,19,21). The molecule has 1 aliphatic carbocycles. The minimum absolute atomic E-state index is 0.124. The molecule has 0 saturated heterocycles. The summed E-state index contributed by atoms with van der Waals surface area (Å²) in [5, 5.41) is 6.14. The molecule has 0 radical (unpaired) electrons. The van der Waals surface area contributed by atoms with Gasteiger partial charge in [0.1, 0.15) is 11.5 Å². The van der Waals surface area contributed by atoms with Gasteiger partial charge in [-0.2, -0.15) is 0 Å². The number of hydrogen-bond acceptors (Lipinski definition) is 4. The van der Waals surface area contributed by atoms with E-state index < -0.39 is 0 Å². The van der Waals surface area contributed by atoms with Crippen molar-refractivity contribution < 1.29 is 4.79 Å². The van der Waals surface area contributed by atoms with Gasteiger partial charge < -0.3 is 10.6 Å². The van der Waals surface area contributed by atoms with Crippen LogP contribution in [0.4, 0.5) is 5.82 Å². The summed E-state index contributed by atoms with van der Waals surface area (Å²) in [7, 11) is 0. The van der Waals surface area contributed by atoms with Crippen LogP contribution in [0.15, 0.2) is 12.4 Å². The van der Waals surface area contributed by atoms with Crippen molar-refractivity contribution in [3.8, 4) is 0 Å². The average Bonchev–Trinajstić information content (AvgIpc) is 2.52. The van der Waals surface area contributed by atoms with Crippen LogP contribution in [-0.4, -0.2) is 29.0 Å². The molecule has 0 atom stereocenters. The summed E-state index contributed by atoms with van der Waals surface area (Å²) in [6.45, 7) is 5.97. The molecule has 0 aromatic carbocycles. The molecule has 2 N–H and O–H groups in total. The highest BCUT2D eigenvalue weighted by Gasteiger charge is 2.19. The van der Waals surface area contributed by atoms with Gasteiger partial charge in [0.05, 0.1) is 12.4 Å². The first-order chi connectivity index (χ1) is 10.2. The summed E-state index contributed by atoms with van der Waals surface area (Å²) in [5.74, 6) is 1.99. The second-order valence-electron chi connectivity index (χ2n) is 6.05. The van der Waals surface area contributed by atoms with Gasteiger partial charge >= 0.3 is 0 Å². The second-order valence-corrected chi connectivity index (χ2v) is 6.05. The van der Waals surface area contributed by atoms with Gasteiger partial charge in [-0.05, 0) is 31.1 Å². The summed E-state index contributed by atoms with van der Waals surface area (Å²) in [5.41, 5.74) is 0.389.